The van der Waals surface area contributed by atoms with Crippen LogP contribution in [0.25, 0.3) is 0 Å². The molecule has 20 heavy (non-hydrogen) atoms. The molecule has 1 aromatic carbocycles. The highest BCUT2D eigenvalue weighted by molar-refractivity contribution is 5.43. The van der Waals surface area contributed by atoms with Crippen LogP contribution in [0.3, 0.4) is 0 Å². The van der Waals surface area contributed by atoms with Gasteiger partial charge in [-0.05, 0) is 38.4 Å². The molecule has 0 aromatic heterocycles. The van der Waals surface area contributed by atoms with Crippen LogP contribution in [-0.4, -0.2) is 23.6 Å². The molecule has 0 aliphatic heterocycles. The molecule has 1 aliphatic rings. The Bertz CT molecular complexity index is 567. The maximum absolute atomic E-state index is 10.8. The van der Waals surface area contributed by atoms with E-state index in [0.29, 0.717) is 12.2 Å². The third-order valence-corrected chi connectivity index (χ3v) is 3.84. The van der Waals surface area contributed by atoms with E-state index in [1.165, 1.54) is 12.1 Å². The number of nitro groups is 1. The Balaban J connectivity index is 2.14. The number of nitrogens with one attached hydrogen (secondary N) is 1. The predicted molar refractivity (Wildman–Crippen MR) is 73.5 cm³/mol. The molecule has 1 aliphatic carbocycles. The Hall–Kier alpha value is -2.13. The smallest absolute Gasteiger partial charge is 0.273 e. The minimum Gasteiger partial charge on any atom is -0.490 e. The molecule has 0 saturated heterocycles. The second-order valence-electron chi connectivity index (χ2n) is 5.13. The summed E-state index contributed by atoms with van der Waals surface area (Å²) in [7, 11) is 1.77. The molecule has 2 rings (SSSR count). The number of ether oxygens (including phenoxy) is 1. The maximum Gasteiger partial charge on any atom is 0.273 e. The molecular formula is C14H17N3O3. The van der Waals surface area contributed by atoms with Crippen molar-refractivity contribution in [2.45, 2.75) is 37.8 Å². The van der Waals surface area contributed by atoms with Crippen molar-refractivity contribution in [2.24, 2.45) is 0 Å². The van der Waals surface area contributed by atoms with Crippen molar-refractivity contribution in [2.75, 3.05) is 7.05 Å². The van der Waals surface area contributed by atoms with Crippen LogP contribution in [0.15, 0.2) is 18.2 Å². The van der Waals surface area contributed by atoms with Gasteiger partial charge in [-0.3, -0.25) is 10.1 Å². The third-order valence-electron chi connectivity index (χ3n) is 3.84. The van der Waals surface area contributed by atoms with Crippen LogP contribution in [0.5, 0.6) is 5.75 Å². The van der Waals surface area contributed by atoms with Crippen molar-refractivity contribution in [1.29, 1.82) is 5.26 Å². The Kier molecular flexibility index (Phi) is 3.91. The van der Waals surface area contributed by atoms with Gasteiger partial charge in [0.25, 0.3) is 5.69 Å². The summed E-state index contributed by atoms with van der Waals surface area (Å²) in [6.45, 7) is 1.85. The van der Waals surface area contributed by atoms with E-state index in [1.807, 2.05) is 6.92 Å². The van der Waals surface area contributed by atoms with Crippen LogP contribution in [0, 0.1) is 28.4 Å². The molecule has 1 N–H and O–H groups in total. The molecule has 0 radical (unpaired) electrons. The summed E-state index contributed by atoms with van der Waals surface area (Å²) in [4.78, 5) is 10.4. The van der Waals surface area contributed by atoms with Gasteiger partial charge in [0.1, 0.15) is 17.4 Å². The number of nitriles is 1. The third kappa shape index (κ3) is 2.73. The van der Waals surface area contributed by atoms with E-state index < -0.39 is 10.5 Å². The van der Waals surface area contributed by atoms with Crippen LogP contribution < -0.4 is 10.1 Å². The van der Waals surface area contributed by atoms with E-state index in [9.17, 15) is 15.4 Å². The fraction of sp³-hybridized carbons (Fsp3) is 0.500. The van der Waals surface area contributed by atoms with Gasteiger partial charge in [-0.2, -0.15) is 5.26 Å². The van der Waals surface area contributed by atoms with Crippen LogP contribution in [0.4, 0.5) is 5.69 Å². The first-order valence-electron chi connectivity index (χ1n) is 6.51. The summed E-state index contributed by atoms with van der Waals surface area (Å²) in [6.07, 6.45) is 1.97. The molecule has 0 heterocycles. The summed E-state index contributed by atoms with van der Waals surface area (Å²) in [5, 5.41) is 23.0. The van der Waals surface area contributed by atoms with E-state index in [-0.39, 0.29) is 11.8 Å². The van der Waals surface area contributed by atoms with Gasteiger partial charge in [0.15, 0.2) is 0 Å². The number of nitrogens with zero attached hydrogens (tertiary/aromatic N) is 2. The number of non-ortho nitro benzene ring substituents is 1. The highest BCUT2D eigenvalue weighted by Gasteiger charge is 2.39. The van der Waals surface area contributed by atoms with E-state index in [4.69, 9.17) is 4.74 Å². The normalized spacial score (nSPS) is 25.1. The number of aryl methyl sites for hydroxylation is 1. The lowest BCUT2D eigenvalue weighted by atomic mass is 10.0. The van der Waals surface area contributed by atoms with Crippen molar-refractivity contribution >= 4 is 5.69 Å². The van der Waals surface area contributed by atoms with Crippen LogP contribution in [0.2, 0.25) is 0 Å². The van der Waals surface area contributed by atoms with Gasteiger partial charge in [0.2, 0.25) is 0 Å². The number of rotatable bonds is 4. The summed E-state index contributed by atoms with van der Waals surface area (Å²) in [5.74, 6) is 0.522. The number of hydrogen-bond donors (Lipinski definition) is 1. The quantitative estimate of drug-likeness (QED) is 0.673. The molecule has 1 aromatic rings. The topological polar surface area (TPSA) is 88.2 Å². The molecule has 0 amide bonds. The SMILES string of the molecule is CNC1(C#N)CCC(Oc2cc([N+](=O)[O-])ccc2C)C1. The number of hydrogen-bond acceptors (Lipinski definition) is 5. The summed E-state index contributed by atoms with van der Waals surface area (Å²) >= 11 is 0. The highest BCUT2D eigenvalue weighted by Crippen LogP contribution is 2.34. The van der Waals surface area contributed by atoms with Gasteiger partial charge in [-0.1, -0.05) is 0 Å². The van der Waals surface area contributed by atoms with E-state index in [2.05, 4.69) is 11.4 Å². The maximum atomic E-state index is 10.8. The lowest BCUT2D eigenvalue weighted by Crippen LogP contribution is -2.39. The van der Waals surface area contributed by atoms with E-state index >= 15 is 0 Å². The van der Waals surface area contributed by atoms with Crippen molar-refractivity contribution < 1.29 is 9.66 Å². The number of nitro benzene ring substituents is 1. The first kappa shape index (κ1) is 14.3. The molecule has 106 valence electrons. The largest absolute Gasteiger partial charge is 0.490 e. The molecule has 0 bridgehead atoms. The highest BCUT2D eigenvalue weighted by atomic mass is 16.6. The number of benzene rings is 1. The summed E-state index contributed by atoms with van der Waals surface area (Å²) in [6, 6.07) is 6.87. The summed E-state index contributed by atoms with van der Waals surface area (Å²) in [5.41, 5.74) is 0.331. The van der Waals surface area contributed by atoms with Gasteiger partial charge >= 0.3 is 0 Å². The molecule has 1 saturated carbocycles. The monoisotopic (exact) mass is 275 g/mol. The Labute approximate surface area is 117 Å². The van der Waals surface area contributed by atoms with Gasteiger partial charge in [0, 0.05) is 12.5 Å². The fourth-order valence-corrected chi connectivity index (χ4v) is 2.49. The standard InChI is InChI=1S/C14H17N3O3/c1-10-3-4-11(17(18)19)7-13(10)20-12-5-6-14(8-12,9-15)16-2/h3-4,7,12,16H,5-6,8H2,1-2H3. The molecule has 0 spiro atoms. The molecular weight excluding hydrogens is 258 g/mol. The zero-order valence-corrected chi connectivity index (χ0v) is 11.5. The van der Waals surface area contributed by atoms with Crippen LogP contribution in [0.1, 0.15) is 24.8 Å². The Morgan fingerprint density at radius 2 is 2.35 bits per heavy atom. The lowest BCUT2D eigenvalue weighted by Gasteiger charge is -2.20. The molecule has 6 heteroatoms. The Morgan fingerprint density at radius 1 is 1.60 bits per heavy atom. The molecule has 6 nitrogen and oxygen atoms in total. The minimum atomic E-state index is -0.542. The van der Waals surface area contributed by atoms with Gasteiger partial charge < -0.3 is 10.1 Å². The van der Waals surface area contributed by atoms with E-state index in [1.54, 1.807) is 13.1 Å². The second kappa shape index (κ2) is 5.47. The predicted octanol–water partition coefficient (Wildman–Crippen LogP) is 2.32. The van der Waals surface area contributed by atoms with Crippen molar-refractivity contribution in [3.05, 3.63) is 33.9 Å². The molecule has 1 fully saturated rings. The minimum absolute atomic E-state index is 0.0174. The van der Waals surface area contributed by atoms with Gasteiger partial charge in [0.05, 0.1) is 17.1 Å². The first-order valence-corrected chi connectivity index (χ1v) is 6.51. The fourth-order valence-electron chi connectivity index (χ4n) is 2.49. The second-order valence-corrected chi connectivity index (χ2v) is 5.13. The van der Waals surface area contributed by atoms with Crippen LogP contribution >= 0.6 is 0 Å². The Morgan fingerprint density at radius 3 is 2.90 bits per heavy atom. The average Bonchev–Trinajstić information content (AvgIpc) is 2.85. The van der Waals surface area contributed by atoms with Crippen molar-refractivity contribution in [1.82, 2.24) is 5.32 Å². The zero-order chi connectivity index (χ0) is 14.8. The summed E-state index contributed by atoms with van der Waals surface area (Å²) < 4.78 is 5.86. The molecule has 2 unspecified atom stereocenters. The van der Waals surface area contributed by atoms with Gasteiger partial charge in [-0.25, -0.2) is 0 Å². The van der Waals surface area contributed by atoms with Crippen molar-refractivity contribution in [3.63, 3.8) is 0 Å². The molecule has 2 atom stereocenters. The lowest BCUT2D eigenvalue weighted by molar-refractivity contribution is -0.385. The zero-order valence-electron chi connectivity index (χ0n) is 11.5. The first-order chi connectivity index (χ1) is 9.49. The van der Waals surface area contributed by atoms with Gasteiger partial charge in [-0.15, -0.1) is 0 Å². The van der Waals surface area contributed by atoms with E-state index in [0.717, 1.165) is 18.4 Å². The average molecular weight is 275 g/mol. The van der Waals surface area contributed by atoms with Crippen molar-refractivity contribution in [3.8, 4) is 11.8 Å². The van der Waals surface area contributed by atoms with Crippen LogP contribution in [-0.2, 0) is 0 Å².